The molecule has 2 aromatic rings. The fourth-order valence-corrected chi connectivity index (χ4v) is 5.20. The standard InChI is InChI=1S/C27H33N3O3/c31-26-6-4-17-29(26)23-9-12-25-22(20-23)13-18-30(25)27(32)21-7-10-24(11-8-21)33-19-5-16-28-14-2-1-3-15-28/h7-12,20H,1-6,13-19H2. The van der Waals surface area contributed by atoms with Gasteiger partial charge in [-0.25, -0.2) is 0 Å². The Morgan fingerprint density at radius 2 is 1.70 bits per heavy atom. The number of likely N-dealkylation sites (tertiary alicyclic amines) is 1. The minimum absolute atomic E-state index is 0.00963. The third-order valence-electron chi connectivity index (χ3n) is 7.03. The molecule has 2 saturated heterocycles. The lowest BCUT2D eigenvalue weighted by molar-refractivity contribution is -0.117. The number of rotatable bonds is 7. The third kappa shape index (κ3) is 4.91. The van der Waals surface area contributed by atoms with Crippen molar-refractivity contribution >= 4 is 23.2 Å². The Labute approximate surface area is 196 Å². The zero-order chi connectivity index (χ0) is 22.6. The Kier molecular flexibility index (Phi) is 6.63. The summed E-state index contributed by atoms with van der Waals surface area (Å²) in [6.07, 6.45) is 7.37. The van der Waals surface area contributed by atoms with Crippen molar-refractivity contribution in [3.8, 4) is 5.75 Å². The summed E-state index contributed by atoms with van der Waals surface area (Å²) in [5.41, 5.74) is 3.71. The maximum Gasteiger partial charge on any atom is 0.258 e. The summed E-state index contributed by atoms with van der Waals surface area (Å²) >= 11 is 0. The van der Waals surface area contributed by atoms with Crippen molar-refractivity contribution in [1.29, 1.82) is 0 Å². The van der Waals surface area contributed by atoms with Crippen LogP contribution >= 0.6 is 0 Å². The van der Waals surface area contributed by atoms with E-state index in [9.17, 15) is 9.59 Å². The fourth-order valence-electron chi connectivity index (χ4n) is 5.20. The van der Waals surface area contributed by atoms with Crippen LogP contribution in [-0.2, 0) is 11.2 Å². The van der Waals surface area contributed by atoms with Crippen LogP contribution in [0.25, 0.3) is 0 Å². The average molecular weight is 448 g/mol. The molecule has 3 aliphatic rings. The molecule has 0 bridgehead atoms. The van der Waals surface area contributed by atoms with Crippen LogP contribution in [0.4, 0.5) is 11.4 Å². The van der Waals surface area contributed by atoms with Gasteiger partial charge in [0.1, 0.15) is 5.75 Å². The molecule has 6 nitrogen and oxygen atoms in total. The van der Waals surface area contributed by atoms with Gasteiger partial charge in [-0.1, -0.05) is 6.42 Å². The molecule has 0 aromatic heterocycles. The van der Waals surface area contributed by atoms with Crippen LogP contribution in [-0.4, -0.2) is 56.0 Å². The molecule has 0 saturated carbocycles. The third-order valence-corrected chi connectivity index (χ3v) is 7.03. The number of fused-ring (bicyclic) bond motifs is 1. The molecule has 6 heteroatoms. The average Bonchev–Trinajstić information content (AvgIpc) is 3.48. The minimum Gasteiger partial charge on any atom is -0.494 e. The van der Waals surface area contributed by atoms with Crippen molar-refractivity contribution in [2.24, 2.45) is 0 Å². The number of amides is 2. The number of ether oxygens (including phenoxy) is 1. The highest BCUT2D eigenvalue weighted by atomic mass is 16.5. The summed E-state index contributed by atoms with van der Waals surface area (Å²) in [4.78, 5) is 31.5. The van der Waals surface area contributed by atoms with Gasteiger partial charge in [-0.3, -0.25) is 9.59 Å². The highest BCUT2D eigenvalue weighted by molar-refractivity contribution is 6.07. The van der Waals surface area contributed by atoms with Crippen molar-refractivity contribution in [2.45, 2.75) is 44.9 Å². The second-order valence-electron chi connectivity index (χ2n) is 9.30. The number of anilines is 2. The molecular formula is C27H33N3O3. The molecule has 0 atom stereocenters. The second kappa shape index (κ2) is 9.96. The first kappa shape index (κ1) is 22.0. The molecule has 3 heterocycles. The largest absolute Gasteiger partial charge is 0.494 e. The summed E-state index contributed by atoms with van der Waals surface area (Å²) in [5, 5.41) is 0. The Bertz CT molecular complexity index is 998. The van der Waals surface area contributed by atoms with Gasteiger partial charge in [-0.05, 0) is 93.2 Å². The van der Waals surface area contributed by atoms with Crippen molar-refractivity contribution in [1.82, 2.24) is 4.90 Å². The first-order valence-corrected chi connectivity index (χ1v) is 12.4. The van der Waals surface area contributed by atoms with Gasteiger partial charge in [0.25, 0.3) is 5.91 Å². The molecule has 2 fully saturated rings. The van der Waals surface area contributed by atoms with Gasteiger partial charge >= 0.3 is 0 Å². The summed E-state index contributed by atoms with van der Waals surface area (Å²) in [5.74, 6) is 1.01. The Balaban J connectivity index is 1.16. The fraction of sp³-hybridized carbons (Fsp3) is 0.481. The summed E-state index contributed by atoms with van der Waals surface area (Å²) < 4.78 is 5.90. The van der Waals surface area contributed by atoms with E-state index >= 15 is 0 Å². The van der Waals surface area contributed by atoms with Gasteiger partial charge < -0.3 is 19.4 Å². The monoisotopic (exact) mass is 447 g/mol. The normalized spacial score (nSPS) is 18.6. The first-order chi connectivity index (χ1) is 16.2. The summed E-state index contributed by atoms with van der Waals surface area (Å²) in [6.45, 7) is 5.68. The van der Waals surface area contributed by atoms with Gasteiger partial charge in [0, 0.05) is 43.0 Å². The van der Waals surface area contributed by atoms with Crippen LogP contribution < -0.4 is 14.5 Å². The van der Waals surface area contributed by atoms with E-state index in [0.717, 1.165) is 55.0 Å². The molecule has 0 unspecified atom stereocenters. The molecule has 0 aliphatic carbocycles. The van der Waals surface area contributed by atoms with Crippen LogP contribution in [0, 0.1) is 0 Å². The van der Waals surface area contributed by atoms with E-state index in [1.807, 2.05) is 46.2 Å². The summed E-state index contributed by atoms with van der Waals surface area (Å²) in [7, 11) is 0. The highest BCUT2D eigenvalue weighted by Gasteiger charge is 2.28. The van der Waals surface area contributed by atoms with Gasteiger partial charge in [0.15, 0.2) is 0 Å². The van der Waals surface area contributed by atoms with Crippen LogP contribution in [0.3, 0.4) is 0 Å². The number of nitrogens with zero attached hydrogens (tertiary/aromatic N) is 3. The maximum absolute atomic E-state index is 13.2. The minimum atomic E-state index is 0.00963. The van der Waals surface area contributed by atoms with Crippen molar-refractivity contribution in [3.05, 3.63) is 53.6 Å². The summed E-state index contributed by atoms with van der Waals surface area (Å²) in [6, 6.07) is 13.5. The molecule has 2 aromatic carbocycles. The van der Waals surface area contributed by atoms with Crippen molar-refractivity contribution < 1.29 is 14.3 Å². The van der Waals surface area contributed by atoms with Crippen molar-refractivity contribution in [3.63, 3.8) is 0 Å². The number of piperidine rings is 1. The van der Waals surface area contributed by atoms with Crippen LogP contribution in [0.2, 0.25) is 0 Å². The van der Waals surface area contributed by atoms with E-state index in [2.05, 4.69) is 11.0 Å². The second-order valence-corrected chi connectivity index (χ2v) is 9.30. The molecule has 33 heavy (non-hydrogen) atoms. The lowest BCUT2D eigenvalue weighted by Gasteiger charge is -2.26. The smallest absolute Gasteiger partial charge is 0.258 e. The number of hydrogen-bond acceptors (Lipinski definition) is 4. The SMILES string of the molecule is O=C1CCCN1c1ccc2c(c1)CCN2C(=O)c1ccc(OCCCN2CCCCC2)cc1. The van der Waals surface area contributed by atoms with E-state index < -0.39 is 0 Å². The van der Waals surface area contributed by atoms with E-state index in [1.165, 1.54) is 32.4 Å². The number of carbonyl (C=O) groups excluding carboxylic acids is 2. The lowest BCUT2D eigenvalue weighted by Crippen LogP contribution is -2.31. The van der Waals surface area contributed by atoms with Gasteiger partial charge in [0.05, 0.1) is 6.61 Å². The predicted octanol–water partition coefficient (Wildman–Crippen LogP) is 4.27. The van der Waals surface area contributed by atoms with E-state index in [4.69, 9.17) is 4.74 Å². The molecule has 0 spiro atoms. The van der Waals surface area contributed by atoms with Crippen LogP contribution in [0.1, 0.15) is 54.4 Å². The number of benzene rings is 2. The Morgan fingerprint density at radius 3 is 2.45 bits per heavy atom. The van der Waals surface area contributed by atoms with Crippen LogP contribution in [0.15, 0.2) is 42.5 Å². The quantitative estimate of drug-likeness (QED) is 0.595. The molecule has 5 rings (SSSR count). The Morgan fingerprint density at radius 1 is 0.879 bits per heavy atom. The molecule has 2 amide bonds. The van der Waals surface area contributed by atoms with Crippen molar-refractivity contribution in [2.75, 3.05) is 49.1 Å². The predicted molar refractivity (Wildman–Crippen MR) is 130 cm³/mol. The van der Waals surface area contributed by atoms with Gasteiger partial charge in [-0.2, -0.15) is 0 Å². The first-order valence-electron chi connectivity index (χ1n) is 12.4. The molecular weight excluding hydrogens is 414 g/mol. The van der Waals surface area contributed by atoms with Gasteiger partial charge in [-0.15, -0.1) is 0 Å². The highest BCUT2D eigenvalue weighted by Crippen LogP contribution is 2.34. The number of hydrogen-bond donors (Lipinski definition) is 0. The zero-order valence-electron chi connectivity index (χ0n) is 19.3. The maximum atomic E-state index is 13.2. The van der Waals surface area contributed by atoms with Gasteiger partial charge in [0.2, 0.25) is 5.91 Å². The van der Waals surface area contributed by atoms with E-state index in [1.54, 1.807) is 0 Å². The molecule has 0 N–H and O–H groups in total. The number of carbonyl (C=O) groups is 2. The molecule has 3 aliphatic heterocycles. The topological polar surface area (TPSA) is 53.1 Å². The lowest BCUT2D eigenvalue weighted by atomic mass is 10.1. The molecule has 0 radical (unpaired) electrons. The zero-order valence-corrected chi connectivity index (χ0v) is 19.3. The van der Waals surface area contributed by atoms with E-state index in [-0.39, 0.29) is 11.8 Å². The van der Waals surface area contributed by atoms with Crippen LogP contribution in [0.5, 0.6) is 5.75 Å². The van der Waals surface area contributed by atoms with E-state index in [0.29, 0.717) is 25.1 Å². The molecule has 174 valence electrons. The Hall–Kier alpha value is -2.86.